The lowest BCUT2D eigenvalue weighted by Gasteiger charge is -2.32. The Morgan fingerprint density at radius 3 is 2.48 bits per heavy atom. The monoisotopic (exact) mass is 369 g/mol. The summed E-state index contributed by atoms with van der Waals surface area (Å²) in [6, 6.07) is 8.35. The number of amides is 1. The standard InChI is InChI=1S/C16H11ClF3N3O2/c17-12-5-3-10(4-6-12)14(24)23-15(25,11-2-1-7-21-9-11)8-13(22-23)16(18,19)20/h1-9,22,25H. The first-order valence-electron chi connectivity index (χ1n) is 7.01. The maximum Gasteiger partial charge on any atom is 0.432 e. The first kappa shape index (κ1) is 17.2. The zero-order valence-corrected chi connectivity index (χ0v) is 13.2. The Bertz CT molecular complexity index is 825. The van der Waals surface area contributed by atoms with Crippen LogP contribution in [0, 0.1) is 0 Å². The van der Waals surface area contributed by atoms with E-state index in [0.29, 0.717) is 16.1 Å². The molecule has 25 heavy (non-hydrogen) atoms. The average Bonchev–Trinajstić information content (AvgIpc) is 2.95. The summed E-state index contributed by atoms with van der Waals surface area (Å²) in [5.74, 6) is -0.862. The molecule has 1 amide bonds. The van der Waals surface area contributed by atoms with E-state index < -0.39 is 23.5 Å². The van der Waals surface area contributed by atoms with Crippen LogP contribution in [0.2, 0.25) is 5.02 Å². The van der Waals surface area contributed by atoms with Gasteiger partial charge in [0, 0.05) is 34.6 Å². The molecule has 1 aromatic carbocycles. The van der Waals surface area contributed by atoms with E-state index in [4.69, 9.17) is 11.6 Å². The molecule has 2 N–H and O–H groups in total. The molecule has 0 bridgehead atoms. The van der Waals surface area contributed by atoms with E-state index in [2.05, 4.69) is 4.98 Å². The Morgan fingerprint density at radius 2 is 1.92 bits per heavy atom. The van der Waals surface area contributed by atoms with Crippen LogP contribution in [0.3, 0.4) is 0 Å². The van der Waals surface area contributed by atoms with Crippen molar-refractivity contribution in [2.45, 2.75) is 11.9 Å². The fourth-order valence-corrected chi connectivity index (χ4v) is 2.49. The fraction of sp³-hybridized carbons (Fsp3) is 0.125. The van der Waals surface area contributed by atoms with Gasteiger partial charge in [0.15, 0.2) is 0 Å². The lowest BCUT2D eigenvalue weighted by atomic mass is 10.0. The van der Waals surface area contributed by atoms with Gasteiger partial charge in [-0.3, -0.25) is 15.2 Å². The molecular weight excluding hydrogens is 359 g/mol. The van der Waals surface area contributed by atoms with Crippen molar-refractivity contribution >= 4 is 17.5 Å². The van der Waals surface area contributed by atoms with Gasteiger partial charge in [0.05, 0.1) is 0 Å². The molecule has 1 unspecified atom stereocenters. The van der Waals surface area contributed by atoms with Crippen molar-refractivity contribution in [3.05, 3.63) is 76.7 Å². The van der Waals surface area contributed by atoms with E-state index in [0.717, 1.165) is 0 Å². The molecule has 0 radical (unpaired) electrons. The van der Waals surface area contributed by atoms with Crippen LogP contribution in [-0.2, 0) is 5.72 Å². The van der Waals surface area contributed by atoms with Crippen LogP contribution in [0.25, 0.3) is 0 Å². The van der Waals surface area contributed by atoms with Gasteiger partial charge in [-0.1, -0.05) is 17.7 Å². The van der Waals surface area contributed by atoms with Crippen LogP contribution >= 0.6 is 11.6 Å². The average molecular weight is 370 g/mol. The van der Waals surface area contributed by atoms with Crippen molar-refractivity contribution in [3.8, 4) is 0 Å². The van der Waals surface area contributed by atoms with E-state index in [1.54, 1.807) is 0 Å². The number of rotatable bonds is 2. The number of carbonyl (C=O) groups excluding carboxylic acids is 1. The predicted octanol–water partition coefficient (Wildman–Crippen LogP) is 2.99. The number of hydrazine groups is 1. The first-order chi connectivity index (χ1) is 11.7. The van der Waals surface area contributed by atoms with E-state index >= 15 is 0 Å². The largest absolute Gasteiger partial charge is 0.432 e. The van der Waals surface area contributed by atoms with Crippen LogP contribution in [0.15, 0.2) is 60.6 Å². The highest BCUT2D eigenvalue weighted by Crippen LogP contribution is 2.38. The number of pyridine rings is 1. The molecule has 0 saturated heterocycles. The van der Waals surface area contributed by atoms with Gasteiger partial charge in [-0.05, 0) is 30.3 Å². The molecule has 1 aliphatic rings. The summed E-state index contributed by atoms with van der Waals surface area (Å²) >= 11 is 5.75. The molecule has 3 rings (SSSR count). The summed E-state index contributed by atoms with van der Waals surface area (Å²) in [7, 11) is 0. The molecule has 1 aromatic heterocycles. The Balaban J connectivity index is 2.05. The number of alkyl halides is 3. The number of hydrogen-bond acceptors (Lipinski definition) is 4. The minimum absolute atomic E-state index is 0.00376. The molecule has 5 nitrogen and oxygen atoms in total. The fourth-order valence-electron chi connectivity index (χ4n) is 2.37. The van der Waals surface area contributed by atoms with Gasteiger partial charge >= 0.3 is 6.18 Å². The number of nitrogens with zero attached hydrogens (tertiary/aromatic N) is 2. The van der Waals surface area contributed by atoms with E-state index in [9.17, 15) is 23.1 Å². The molecule has 0 aliphatic carbocycles. The summed E-state index contributed by atoms with van der Waals surface area (Å²) in [5.41, 5.74) is -1.60. The molecule has 2 heterocycles. The van der Waals surface area contributed by atoms with Crippen LogP contribution in [0.4, 0.5) is 13.2 Å². The van der Waals surface area contributed by atoms with Crippen molar-refractivity contribution in [1.29, 1.82) is 0 Å². The van der Waals surface area contributed by atoms with Crippen molar-refractivity contribution in [2.75, 3.05) is 0 Å². The molecule has 9 heteroatoms. The first-order valence-corrected chi connectivity index (χ1v) is 7.39. The molecule has 0 spiro atoms. The number of hydrogen-bond donors (Lipinski definition) is 2. The van der Waals surface area contributed by atoms with Gasteiger partial charge in [-0.15, -0.1) is 0 Å². The molecule has 2 aromatic rings. The van der Waals surface area contributed by atoms with E-state index in [-0.39, 0.29) is 11.1 Å². The Hall–Kier alpha value is -2.58. The van der Waals surface area contributed by atoms with Crippen LogP contribution in [-0.4, -0.2) is 27.2 Å². The lowest BCUT2D eigenvalue weighted by Crippen LogP contribution is -2.51. The van der Waals surface area contributed by atoms with Crippen LogP contribution in [0.5, 0.6) is 0 Å². The van der Waals surface area contributed by atoms with Crippen LogP contribution in [0.1, 0.15) is 15.9 Å². The molecule has 1 aliphatic heterocycles. The Morgan fingerprint density at radius 1 is 1.24 bits per heavy atom. The zero-order chi connectivity index (χ0) is 18.2. The summed E-state index contributed by atoms with van der Waals surface area (Å²) < 4.78 is 39.3. The van der Waals surface area contributed by atoms with Gasteiger partial charge in [0.25, 0.3) is 5.91 Å². The summed E-state index contributed by atoms with van der Waals surface area (Å²) in [6.45, 7) is 0. The number of nitrogens with one attached hydrogen (secondary N) is 1. The van der Waals surface area contributed by atoms with Gasteiger partial charge in [0.2, 0.25) is 5.72 Å². The zero-order valence-electron chi connectivity index (χ0n) is 12.5. The van der Waals surface area contributed by atoms with Gasteiger partial charge in [0.1, 0.15) is 5.70 Å². The third kappa shape index (κ3) is 3.18. The third-order valence-electron chi connectivity index (χ3n) is 3.60. The highest BCUT2D eigenvalue weighted by atomic mass is 35.5. The number of halogens is 4. The topological polar surface area (TPSA) is 65.5 Å². The second kappa shape index (κ2) is 6.05. The maximum absolute atomic E-state index is 13.1. The minimum Gasteiger partial charge on any atom is -0.362 e. The molecular formula is C16H11ClF3N3O2. The summed E-state index contributed by atoms with van der Waals surface area (Å²) in [6.07, 6.45) is -1.66. The van der Waals surface area contributed by atoms with Crippen molar-refractivity contribution in [3.63, 3.8) is 0 Å². The van der Waals surface area contributed by atoms with Gasteiger partial charge in [-0.2, -0.15) is 13.2 Å². The highest BCUT2D eigenvalue weighted by molar-refractivity contribution is 6.30. The maximum atomic E-state index is 13.1. The van der Waals surface area contributed by atoms with Crippen molar-refractivity contribution < 1.29 is 23.1 Å². The summed E-state index contributed by atoms with van der Waals surface area (Å²) in [5, 5.41) is 11.7. The van der Waals surface area contributed by atoms with E-state index in [1.807, 2.05) is 5.43 Å². The summed E-state index contributed by atoms with van der Waals surface area (Å²) in [4.78, 5) is 16.4. The number of aromatic nitrogens is 1. The number of aliphatic hydroxyl groups is 1. The Labute approximate surface area is 145 Å². The minimum atomic E-state index is -4.77. The van der Waals surface area contributed by atoms with Crippen molar-refractivity contribution in [2.24, 2.45) is 0 Å². The second-order valence-electron chi connectivity index (χ2n) is 5.28. The predicted molar refractivity (Wildman–Crippen MR) is 83.0 cm³/mol. The number of allylic oxidation sites excluding steroid dienone is 1. The smallest absolute Gasteiger partial charge is 0.362 e. The second-order valence-corrected chi connectivity index (χ2v) is 5.72. The van der Waals surface area contributed by atoms with Crippen molar-refractivity contribution in [1.82, 2.24) is 15.4 Å². The van der Waals surface area contributed by atoms with E-state index in [1.165, 1.54) is 48.8 Å². The van der Waals surface area contributed by atoms with Crippen LogP contribution < -0.4 is 5.43 Å². The third-order valence-corrected chi connectivity index (χ3v) is 3.86. The Kier molecular flexibility index (Phi) is 4.18. The number of benzene rings is 1. The molecule has 130 valence electrons. The number of carbonyl (C=O) groups is 1. The SMILES string of the molecule is O=C(c1ccc(Cl)cc1)N1NC(C(F)(F)F)=CC1(O)c1cccnc1. The lowest BCUT2D eigenvalue weighted by molar-refractivity contribution is -0.104. The normalized spacial score (nSPS) is 20.2. The highest BCUT2D eigenvalue weighted by Gasteiger charge is 2.50. The van der Waals surface area contributed by atoms with Gasteiger partial charge in [-0.25, -0.2) is 5.01 Å². The quantitative estimate of drug-likeness (QED) is 0.854. The molecule has 0 saturated carbocycles. The molecule has 0 fully saturated rings. The molecule has 1 atom stereocenters. The van der Waals surface area contributed by atoms with Gasteiger partial charge < -0.3 is 5.11 Å².